The number of halogens is 1. The molecule has 3 nitrogen and oxygen atoms in total. The van der Waals surface area contributed by atoms with E-state index in [1.807, 2.05) is 0 Å². The van der Waals surface area contributed by atoms with Gasteiger partial charge in [0.1, 0.15) is 5.82 Å². The predicted molar refractivity (Wildman–Crippen MR) is 64.9 cm³/mol. The minimum absolute atomic E-state index is 0.0920. The summed E-state index contributed by atoms with van der Waals surface area (Å²) in [5.41, 5.74) is 9.84. The summed E-state index contributed by atoms with van der Waals surface area (Å²) in [4.78, 5) is 0. The Balaban J connectivity index is 2.89. The average molecular weight is 225 g/mol. The van der Waals surface area contributed by atoms with Crippen molar-refractivity contribution in [3.05, 3.63) is 29.6 Å². The lowest BCUT2D eigenvalue weighted by molar-refractivity contribution is 0.407. The summed E-state index contributed by atoms with van der Waals surface area (Å²) in [6.45, 7) is 4.26. The van der Waals surface area contributed by atoms with Crippen molar-refractivity contribution in [3.8, 4) is 0 Å². The third kappa shape index (κ3) is 3.18. The first-order valence-electron chi connectivity index (χ1n) is 5.59. The highest BCUT2D eigenvalue weighted by atomic mass is 19.1. The van der Waals surface area contributed by atoms with Crippen LogP contribution in [0, 0.1) is 11.7 Å². The Morgan fingerprint density at radius 1 is 1.44 bits per heavy atom. The molecule has 1 aromatic rings. The second-order valence-corrected chi connectivity index (χ2v) is 4.24. The highest BCUT2D eigenvalue weighted by Gasteiger charge is 2.16. The molecule has 1 rings (SSSR count). The predicted octanol–water partition coefficient (Wildman–Crippen LogP) is 2.35. The van der Waals surface area contributed by atoms with Crippen molar-refractivity contribution >= 4 is 5.69 Å². The van der Waals surface area contributed by atoms with E-state index in [0.29, 0.717) is 11.6 Å². The zero-order valence-corrected chi connectivity index (χ0v) is 9.83. The van der Waals surface area contributed by atoms with Crippen molar-refractivity contribution in [1.82, 2.24) is 5.43 Å². The number of nitrogens with two attached hydrogens (primary N) is 2. The molecule has 1 aromatic carbocycles. The quantitative estimate of drug-likeness (QED) is 0.409. The van der Waals surface area contributed by atoms with Crippen molar-refractivity contribution in [1.29, 1.82) is 0 Å². The van der Waals surface area contributed by atoms with Crippen LogP contribution >= 0.6 is 0 Å². The summed E-state index contributed by atoms with van der Waals surface area (Å²) in [6.07, 6.45) is 1.91. The second-order valence-electron chi connectivity index (χ2n) is 4.24. The summed E-state index contributed by atoms with van der Waals surface area (Å²) < 4.78 is 13.1. The Morgan fingerprint density at radius 3 is 2.69 bits per heavy atom. The fourth-order valence-corrected chi connectivity index (χ4v) is 1.70. The van der Waals surface area contributed by atoms with Gasteiger partial charge < -0.3 is 5.73 Å². The molecule has 2 atom stereocenters. The van der Waals surface area contributed by atoms with Gasteiger partial charge in [-0.2, -0.15) is 0 Å². The molecule has 0 aliphatic rings. The Labute approximate surface area is 96.0 Å². The van der Waals surface area contributed by atoms with Crippen LogP contribution in [0.3, 0.4) is 0 Å². The van der Waals surface area contributed by atoms with Gasteiger partial charge in [0.05, 0.1) is 0 Å². The van der Waals surface area contributed by atoms with Gasteiger partial charge >= 0.3 is 0 Å². The molecule has 2 unspecified atom stereocenters. The van der Waals surface area contributed by atoms with Gasteiger partial charge in [-0.15, -0.1) is 0 Å². The molecule has 0 bridgehead atoms. The number of nitrogens with one attached hydrogen (secondary N) is 1. The number of hydrogen-bond donors (Lipinski definition) is 3. The van der Waals surface area contributed by atoms with Gasteiger partial charge in [-0.3, -0.25) is 11.3 Å². The van der Waals surface area contributed by atoms with Gasteiger partial charge in [-0.05, 0) is 36.1 Å². The Morgan fingerprint density at radius 2 is 2.12 bits per heavy atom. The first-order chi connectivity index (χ1) is 7.58. The van der Waals surface area contributed by atoms with Crippen LogP contribution in [0.2, 0.25) is 0 Å². The molecule has 0 amide bonds. The van der Waals surface area contributed by atoms with Gasteiger partial charge in [-0.1, -0.05) is 20.3 Å². The van der Waals surface area contributed by atoms with Crippen molar-refractivity contribution in [3.63, 3.8) is 0 Å². The summed E-state index contributed by atoms with van der Waals surface area (Å²) in [6, 6.07) is 4.29. The van der Waals surface area contributed by atoms with Crippen molar-refractivity contribution in [2.45, 2.75) is 32.7 Å². The molecule has 0 fully saturated rings. The molecule has 0 spiro atoms. The average Bonchev–Trinajstić information content (AvgIpc) is 2.29. The molecule has 0 saturated carbocycles. The molecule has 0 saturated heterocycles. The van der Waals surface area contributed by atoms with Crippen LogP contribution in [0.4, 0.5) is 10.1 Å². The van der Waals surface area contributed by atoms with Crippen molar-refractivity contribution < 1.29 is 4.39 Å². The number of hydrazine groups is 1. The molecule has 0 heterocycles. The van der Waals surface area contributed by atoms with Gasteiger partial charge in [-0.25, -0.2) is 4.39 Å². The van der Waals surface area contributed by atoms with Crippen LogP contribution in [0.5, 0.6) is 0 Å². The fourth-order valence-electron chi connectivity index (χ4n) is 1.70. The molecular formula is C12H20FN3. The SMILES string of the molecule is CCC(C)CC(NN)c1cc(F)ccc1N. The Bertz CT molecular complexity index is 341. The highest BCUT2D eigenvalue weighted by molar-refractivity contribution is 5.48. The largest absolute Gasteiger partial charge is 0.398 e. The highest BCUT2D eigenvalue weighted by Crippen LogP contribution is 2.27. The first kappa shape index (κ1) is 12.9. The standard InChI is InChI=1S/C12H20FN3/c1-3-8(2)6-12(16-15)10-7-9(13)4-5-11(10)14/h4-5,7-8,12,16H,3,6,14-15H2,1-2H3. The van der Waals surface area contributed by atoms with E-state index >= 15 is 0 Å². The van der Waals surface area contributed by atoms with Crippen LogP contribution in [-0.4, -0.2) is 0 Å². The van der Waals surface area contributed by atoms with E-state index in [0.717, 1.165) is 18.4 Å². The number of benzene rings is 1. The van der Waals surface area contributed by atoms with Crippen LogP contribution in [0.25, 0.3) is 0 Å². The maximum Gasteiger partial charge on any atom is 0.123 e. The zero-order valence-electron chi connectivity index (χ0n) is 9.83. The van der Waals surface area contributed by atoms with Crippen LogP contribution in [0.15, 0.2) is 18.2 Å². The third-order valence-electron chi connectivity index (χ3n) is 2.96. The van der Waals surface area contributed by atoms with E-state index < -0.39 is 0 Å². The van der Waals surface area contributed by atoms with Gasteiger partial charge in [0, 0.05) is 11.7 Å². The molecule has 5 N–H and O–H groups in total. The Hall–Kier alpha value is -1.13. The zero-order chi connectivity index (χ0) is 12.1. The smallest absolute Gasteiger partial charge is 0.123 e. The lowest BCUT2D eigenvalue weighted by atomic mass is 9.94. The summed E-state index contributed by atoms with van der Waals surface area (Å²) in [7, 11) is 0. The maximum atomic E-state index is 13.1. The molecular weight excluding hydrogens is 205 g/mol. The van der Waals surface area contributed by atoms with Crippen LogP contribution in [0.1, 0.15) is 38.3 Å². The molecule has 90 valence electrons. The minimum atomic E-state index is -0.284. The molecule has 16 heavy (non-hydrogen) atoms. The normalized spacial score (nSPS) is 14.8. The molecule has 0 aliphatic carbocycles. The van der Waals surface area contributed by atoms with E-state index in [1.54, 1.807) is 6.07 Å². The van der Waals surface area contributed by atoms with E-state index in [9.17, 15) is 4.39 Å². The summed E-state index contributed by atoms with van der Waals surface area (Å²) in [5.74, 6) is 5.73. The summed E-state index contributed by atoms with van der Waals surface area (Å²) >= 11 is 0. The van der Waals surface area contributed by atoms with Gasteiger partial charge in [0.25, 0.3) is 0 Å². The number of rotatable bonds is 5. The van der Waals surface area contributed by atoms with E-state index in [4.69, 9.17) is 11.6 Å². The monoisotopic (exact) mass is 225 g/mol. The topological polar surface area (TPSA) is 64.1 Å². The molecule has 4 heteroatoms. The van der Waals surface area contributed by atoms with Crippen LogP contribution < -0.4 is 17.0 Å². The third-order valence-corrected chi connectivity index (χ3v) is 2.96. The lowest BCUT2D eigenvalue weighted by Gasteiger charge is -2.21. The minimum Gasteiger partial charge on any atom is -0.398 e. The molecule has 0 radical (unpaired) electrons. The number of nitrogen functional groups attached to an aromatic ring is 1. The van der Waals surface area contributed by atoms with Gasteiger partial charge in [0.15, 0.2) is 0 Å². The maximum absolute atomic E-state index is 13.1. The Kier molecular flexibility index (Phi) is 4.71. The molecule has 0 aromatic heterocycles. The van der Waals surface area contributed by atoms with E-state index in [-0.39, 0.29) is 11.9 Å². The second kappa shape index (κ2) is 5.82. The van der Waals surface area contributed by atoms with Crippen molar-refractivity contribution in [2.75, 3.05) is 5.73 Å². The van der Waals surface area contributed by atoms with E-state index in [2.05, 4.69) is 19.3 Å². The van der Waals surface area contributed by atoms with Gasteiger partial charge in [0.2, 0.25) is 0 Å². The summed E-state index contributed by atoms with van der Waals surface area (Å²) in [5, 5.41) is 0. The molecule has 0 aliphatic heterocycles. The van der Waals surface area contributed by atoms with E-state index in [1.165, 1.54) is 12.1 Å². The first-order valence-corrected chi connectivity index (χ1v) is 5.59. The number of hydrogen-bond acceptors (Lipinski definition) is 3. The number of anilines is 1. The van der Waals surface area contributed by atoms with Crippen molar-refractivity contribution in [2.24, 2.45) is 11.8 Å². The lowest BCUT2D eigenvalue weighted by Crippen LogP contribution is -2.30. The fraction of sp³-hybridized carbons (Fsp3) is 0.500. The van der Waals surface area contributed by atoms with Crippen LogP contribution in [-0.2, 0) is 0 Å².